The molecule has 4 rings (SSSR count). The van der Waals surface area contributed by atoms with Gasteiger partial charge >= 0.3 is 0 Å². The Labute approximate surface area is 184 Å². The third-order valence-electron chi connectivity index (χ3n) is 5.13. The molecule has 31 heavy (non-hydrogen) atoms. The van der Waals surface area contributed by atoms with E-state index in [1.807, 2.05) is 50.2 Å². The SMILES string of the molecule is COCCOc1c(C)cnc(CS(=O)c2nc3ccc(-c4ccccc4)cc3[nH]2)c1C. The summed E-state index contributed by atoms with van der Waals surface area (Å²) in [5.74, 6) is 1.04. The summed E-state index contributed by atoms with van der Waals surface area (Å²) in [4.78, 5) is 12.3. The highest BCUT2D eigenvalue weighted by atomic mass is 32.2. The Kier molecular flexibility index (Phi) is 6.44. The summed E-state index contributed by atoms with van der Waals surface area (Å²) >= 11 is 0. The number of hydrogen-bond acceptors (Lipinski definition) is 5. The Hall–Kier alpha value is -3.03. The van der Waals surface area contributed by atoms with Gasteiger partial charge in [0.25, 0.3) is 0 Å². The molecule has 0 aliphatic carbocycles. The third-order valence-corrected chi connectivity index (χ3v) is 6.29. The predicted octanol–water partition coefficient (Wildman–Crippen LogP) is 4.57. The number of ether oxygens (including phenoxy) is 2. The van der Waals surface area contributed by atoms with Crippen molar-refractivity contribution >= 4 is 21.8 Å². The van der Waals surface area contributed by atoms with Crippen LogP contribution in [0.4, 0.5) is 0 Å². The van der Waals surface area contributed by atoms with Gasteiger partial charge in [-0.15, -0.1) is 0 Å². The first-order valence-corrected chi connectivity index (χ1v) is 11.4. The minimum atomic E-state index is -1.36. The first-order valence-electron chi connectivity index (χ1n) is 10.1. The van der Waals surface area contributed by atoms with E-state index in [0.29, 0.717) is 18.4 Å². The molecule has 0 saturated heterocycles. The van der Waals surface area contributed by atoms with E-state index in [1.165, 1.54) is 0 Å². The van der Waals surface area contributed by atoms with Crippen LogP contribution in [0.2, 0.25) is 0 Å². The molecule has 0 amide bonds. The fourth-order valence-electron chi connectivity index (χ4n) is 3.45. The summed E-state index contributed by atoms with van der Waals surface area (Å²) < 4.78 is 24.0. The average Bonchev–Trinajstić information content (AvgIpc) is 3.22. The Morgan fingerprint density at radius 3 is 2.61 bits per heavy atom. The molecule has 160 valence electrons. The molecule has 0 radical (unpaired) electrons. The van der Waals surface area contributed by atoms with Gasteiger partial charge in [-0.3, -0.25) is 9.19 Å². The number of H-pyrrole nitrogens is 1. The summed E-state index contributed by atoms with van der Waals surface area (Å²) in [5, 5.41) is 0.448. The van der Waals surface area contributed by atoms with Gasteiger partial charge in [0.2, 0.25) is 0 Å². The van der Waals surface area contributed by atoms with Gasteiger partial charge in [0.1, 0.15) is 12.4 Å². The van der Waals surface area contributed by atoms with Gasteiger partial charge in [-0.05, 0) is 37.1 Å². The highest BCUT2D eigenvalue weighted by Gasteiger charge is 2.16. The lowest BCUT2D eigenvalue weighted by Crippen LogP contribution is -2.09. The molecular formula is C24H25N3O3S. The standard InChI is InChI=1S/C24H25N3O3S/c1-16-14-25-22(17(2)23(16)30-12-11-29-3)15-31(28)24-26-20-10-9-19(13-21(20)27-24)18-7-5-4-6-8-18/h4-10,13-14H,11-12,15H2,1-3H3,(H,26,27). The Balaban J connectivity index is 1.57. The highest BCUT2D eigenvalue weighted by molar-refractivity contribution is 7.84. The lowest BCUT2D eigenvalue weighted by molar-refractivity contribution is 0.145. The van der Waals surface area contributed by atoms with E-state index in [0.717, 1.165) is 44.7 Å². The second kappa shape index (κ2) is 9.41. The fraction of sp³-hybridized carbons (Fsp3) is 0.250. The molecular weight excluding hydrogens is 410 g/mol. The number of imidazole rings is 1. The van der Waals surface area contributed by atoms with E-state index in [-0.39, 0.29) is 5.75 Å². The van der Waals surface area contributed by atoms with Crippen molar-refractivity contribution in [1.29, 1.82) is 0 Å². The molecule has 7 heteroatoms. The normalized spacial score (nSPS) is 12.2. The fourth-order valence-corrected chi connectivity index (χ4v) is 4.55. The second-order valence-electron chi connectivity index (χ2n) is 7.31. The first kappa shape index (κ1) is 21.2. The summed E-state index contributed by atoms with van der Waals surface area (Å²) in [6.45, 7) is 4.86. The van der Waals surface area contributed by atoms with E-state index in [9.17, 15) is 4.21 Å². The van der Waals surface area contributed by atoms with Crippen LogP contribution < -0.4 is 4.74 Å². The number of aromatic amines is 1. The maximum atomic E-state index is 13.1. The summed E-state index contributed by atoms with van der Waals surface area (Å²) in [6, 6.07) is 16.2. The number of rotatable bonds is 8. The molecule has 0 spiro atoms. The lowest BCUT2D eigenvalue weighted by Gasteiger charge is -2.14. The number of nitrogens with zero attached hydrogens (tertiary/aromatic N) is 2. The van der Waals surface area contributed by atoms with Crippen LogP contribution in [0.1, 0.15) is 16.8 Å². The summed E-state index contributed by atoms with van der Waals surface area (Å²) in [5.41, 5.74) is 6.45. The number of fused-ring (bicyclic) bond motifs is 1. The van der Waals surface area contributed by atoms with Crippen molar-refractivity contribution in [3.8, 4) is 16.9 Å². The molecule has 0 aliphatic heterocycles. The maximum Gasteiger partial charge on any atom is 0.197 e. The van der Waals surface area contributed by atoms with Crippen molar-refractivity contribution in [2.75, 3.05) is 20.3 Å². The van der Waals surface area contributed by atoms with Crippen molar-refractivity contribution in [1.82, 2.24) is 15.0 Å². The van der Waals surface area contributed by atoms with Crippen molar-refractivity contribution in [2.24, 2.45) is 0 Å². The number of methoxy groups -OCH3 is 1. The van der Waals surface area contributed by atoms with Crippen LogP contribution in [0.3, 0.4) is 0 Å². The van der Waals surface area contributed by atoms with Gasteiger partial charge in [-0.1, -0.05) is 36.4 Å². The molecule has 2 heterocycles. The van der Waals surface area contributed by atoms with E-state index < -0.39 is 10.8 Å². The van der Waals surface area contributed by atoms with E-state index >= 15 is 0 Å². The Morgan fingerprint density at radius 1 is 1.03 bits per heavy atom. The highest BCUT2D eigenvalue weighted by Crippen LogP contribution is 2.27. The first-order chi connectivity index (χ1) is 15.1. The molecule has 0 saturated carbocycles. The van der Waals surface area contributed by atoms with Crippen LogP contribution in [-0.4, -0.2) is 39.5 Å². The number of hydrogen-bond donors (Lipinski definition) is 1. The van der Waals surface area contributed by atoms with Crippen LogP contribution >= 0.6 is 0 Å². The molecule has 2 aromatic carbocycles. The monoisotopic (exact) mass is 435 g/mol. The molecule has 1 N–H and O–H groups in total. The number of nitrogens with one attached hydrogen (secondary N) is 1. The zero-order chi connectivity index (χ0) is 21.8. The van der Waals surface area contributed by atoms with Gasteiger partial charge in [0.05, 0.1) is 39.9 Å². The zero-order valence-electron chi connectivity index (χ0n) is 17.8. The summed E-state index contributed by atoms with van der Waals surface area (Å²) in [6.07, 6.45) is 1.76. The van der Waals surface area contributed by atoms with Crippen LogP contribution in [0.25, 0.3) is 22.2 Å². The molecule has 4 aromatic rings. The van der Waals surface area contributed by atoms with Gasteiger partial charge in [-0.2, -0.15) is 0 Å². The van der Waals surface area contributed by atoms with Crippen LogP contribution in [0, 0.1) is 13.8 Å². The van der Waals surface area contributed by atoms with Crippen molar-refractivity contribution in [3.63, 3.8) is 0 Å². The average molecular weight is 436 g/mol. The van der Waals surface area contributed by atoms with Crippen LogP contribution in [0.5, 0.6) is 5.75 Å². The predicted molar refractivity (Wildman–Crippen MR) is 123 cm³/mol. The minimum Gasteiger partial charge on any atom is -0.491 e. The molecule has 0 bridgehead atoms. The molecule has 0 aliphatic rings. The quantitative estimate of drug-likeness (QED) is 0.410. The van der Waals surface area contributed by atoms with Gasteiger partial charge in [0.15, 0.2) is 5.16 Å². The van der Waals surface area contributed by atoms with Crippen molar-refractivity contribution in [2.45, 2.75) is 24.8 Å². The molecule has 1 atom stereocenters. The van der Waals surface area contributed by atoms with Gasteiger partial charge < -0.3 is 14.5 Å². The Morgan fingerprint density at radius 2 is 1.84 bits per heavy atom. The zero-order valence-corrected chi connectivity index (χ0v) is 18.7. The number of aromatic nitrogens is 3. The van der Waals surface area contributed by atoms with Gasteiger partial charge in [-0.25, -0.2) is 4.98 Å². The largest absolute Gasteiger partial charge is 0.491 e. The molecule has 0 fully saturated rings. The van der Waals surface area contributed by atoms with E-state index in [4.69, 9.17) is 9.47 Å². The Bertz CT molecular complexity index is 1220. The lowest BCUT2D eigenvalue weighted by atomic mass is 10.1. The molecule has 1 unspecified atom stereocenters. The smallest absolute Gasteiger partial charge is 0.197 e. The van der Waals surface area contributed by atoms with Crippen molar-refractivity contribution < 1.29 is 13.7 Å². The van der Waals surface area contributed by atoms with Crippen LogP contribution in [0.15, 0.2) is 59.9 Å². The number of benzene rings is 2. The number of pyridine rings is 1. The van der Waals surface area contributed by atoms with Crippen molar-refractivity contribution in [3.05, 3.63) is 71.5 Å². The third kappa shape index (κ3) is 4.68. The van der Waals surface area contributed by atoms with Gasteiger partial charge in [0, 0.05) is 24.4 Å². The van der Waals surface area contributed by atoms with E-state index in [2.05, 4.69) is 27.1 Å². The summed E-state index contributed by atoms with van der Waals surface area (Å²) in [7, 11) is 0.279. The second-order valence-corrected chi connectivity index (χ2v) is 8.68. The minimum absolute atomic E-state index is 0.262. The molecule has 6 nitrogen and oxygen atoms in total. The number of aryl methyl sites for hydroxylation is 1. The topological polar surface area (TPSA) is 77.1 Å². The maximum absolute atomic E-state index is 13.1. The molecule has 2 aromatic heterocycles. The van der Waals surface area contributed by atoms with Crippen LogP contribution in [-0.2, 0) is 21.3 Å². The van der Waals surface area contributed by atoms with E-state index in [1.54, 1.807) is 13.3 Å².